The van der Waals surface area contributed by atoms with Crippen LogP contribution in [0.1, 0.15) is 32.6 Å². The summed E-state index contributed by atoms with van der Waals surface area (Å²) in [5.41, 5.74) is -0.126. The molecule has 0 atom stereocenters. The fourth-order valence-corrected chi connectivity index (χ4v) is 2.06. The van der Waals surface area contributed by atoms with E-state index in [1.165, 1.54) is 6.08 Å². The van der Waals surface area contributed by atoms with E-state index in [2.05, 4.69) is 5.32 Å². The average molecular weight is 227 g/mol. The molecule has 1 aliphatic rings. The highest BCUT2D eigenvalue weighted by molar-refractivity contribution is 5.81. The molecule has 1 aliphatic carbocycles. The zero-order valence-electron chi connectivity index (χ0n) is 9.87. The summed E-state index contributed by atoms with van der Waals surface area (Å²) in [6.45, 7) is 2.94. The molecule has 1 rings (SSSR count). The highest BCUT2D eigenvalue weighted by Gasteiger charge is 2.31. The number of carbonyl (C=O) groups excluding carboxylic acids is 1. The molecule has 0 bridgehead atoms. The maximum Gasteiger partial charge on any atom is 0.330 e. The number of aliphatic hydroxyl groups excluding tert-OH is 1. The fourth-order valence-electron chi connectivity index (χ4n) is 2.06. The van der Waals surface area contributed by atoms with Crippen LogP contribution in [0.3, 0.4) is 0 Å². The molecule has 0 amide bonds. The summed E-state index contributed by atoms with van der Waals surface area (Å²) in [6.07, 6.45) is 7.52. The van der Waals surface area contributed by atoms with Crippen molar-refractivity contribution in [3.05, 3.63) is 12.2 Å². The van der Waals surface area contributed by atoms with Crippen molar-refractivity contribution in [2.24, 2.45) is 0 Å². The van der Waals surface area contributed by atoms with Crippen molar-refractivity contribution in [3.63, 3.8) is 0 Å². The Kier molecular flexibility index (Phi) is 5.49. The van der Waals surface area contributed by atoms with Crippen molar-refractivity contribution < 1.29 is 14.6 Å². The van der Waals surface area contributed by atoms with E-state index in [4.69, 9.17) is 4.74 Å². The Labute approximate surface area is 96.7 Å². The van der Waals surface area contributed by atoms with Gasteiger partial charge in [-0.3, -0.25) is 0 Å². The Bertz CT molecular complexity index is 245. The van der Waals surface area contributed by atoms with Crippen LogP contribution >= 0.6 is 0 Å². The lowest BCUT2D eigenvalue weighted by molar-refractivity contribution is -0.137. The first-order chi connectivity index (χ1) is 7.72. The van der Waals surface area contributed by atoms with E-state index in [0.717, 1.165) is 25.7 Å². The van der Waals surface area contributed by atoms with Gasteiger partial charge < -0.3 is 15.2 Å². The summed E-state index contributed by atoms with van der Waals surface area (Å²) in [7, 11) is 0. The highest BCUT2D eigenvalue weighted by Crippen LogP contribution is 2.28. The topological polar surface area (TPSA) is 58.6 Å². The van der Waals surface area contributed by atoms with Gasteiger partial charge in [-0.25, -0.2) is 4.79 Å². The first-order valence-corrected chi connectivity index (χ1v) is 5.91. The summed E-state index contributed by atoms with van der Waals surface area (Å²) >= 11 is 0. The van der Waals surface area contributed by atoms with Gasteiger partial charge in [0.15, 0.2) is 0 Å². The Balaban J connectivity index is 2.25. The molecule has 4 heteroatoms. The molecule has 0 heterocycles. The van der Waals surface area contributed by atoms with Crippen LogP contribution in [0.15, 0.2) is 12.2 Å². The number of carbonyl (C=O) groups is 1. The van der Waals surface area contributed by atoms with E-state index in [1.54, 1.807) is 13.0 Å². The van der Waals surface area contributed by atoms with Crippen molar-refractivity contribution in [1.29, 1.82) is 0 Å². The maximum atomic E-state index is 11.0. The smallest absolute Gasteiger partial charge is 0.330 e. The van der Waals surface area contributed by atoms with Gasteiger partial charge in [0.25, 0.3) is 0 Å². The molecule has 0 aromatic heterocycles. The van der Waals surface area contributed by atoms with Crippen LogP contribution in [0.5, 0.6) is 0 Å². The van der Waals surface area contributed by atoms with Crippen molar-refractivity contribution in [2.75, 3.05) is 19.8 Å². The summed E-state index contributed by atoms with van der Waals surface area (Å²) < 4.78 is 4.76. The minimum absolute atomic E-state index is 0.126. The average Bonchev–Trinajstić information content (AvgIpc) is 2.74. The molecule has 0 radical (unpaired) electrons. The van der Waals surface area contributed by atoms with Gasteiger partial charge in [-0.2, -0.15) is 0 Å². The van der Waals surface area contributed by atoms with E-state index in [0.29, 0.717) is 13.2 Å². The number of hydrogen-bond donors (Lipinski definition) is 2. The molecule has 0 spiro atoms. The fraction of sp³-hybridized carbons (Fsp3) is 0.750. The molecule has 0 aromatic carbocycles. The van der Waals surface area contributed by atoms with Gasteiger partial charge in [-0.15, -0.1) is 0 Å². The highest BCUT2D eigenvalue weighted by atomic mass is 16.5. The number of aliphatic hydroxyl groups is 1. The first kappa shape index (κ1) is 13.2. The number of nitrogens with one attached hydrogen (secondary N) is 1. The minimum atomic E-state index is -0.311. The quantitative estimate of drug-likeness (QED) is 0.525. The van der Waals surface area contributed by atoms with Gasteiger partial charge in [-0.1, -0.05) is 18.9 Å². The maximum absolute atomic E-state index is 11.0. The number of hydrogen-bond acceptors (Lipinski definition) is 4. The van der Waals surface area contributed by atoms with Crippen LogP contribution in [0, 0.1) is 0 Å². The lowest BCUT2D eigenvalue weighted by Crippen LogP contribution is -2.46. The van der Waals surface area contributed by atoms with E-state index in [1.807, 2.05) is 0 Å². The molecule has 0 aliphatic heterocycles. The third kappa shape index (κ3) is 3.94. The molecule has 1 fully saturated rings. The van der Waals surface area contributed by atoms with Gasteiger partial charge in [-0.05, 0) is 19.8 Å². The second-order valence-corrected chi connectivity index (χ2v) is 4.18. The van der Waals surface area contributed by atoms with Gasteiger partial charge in [0.2, 0.25) is 0 Å². The van der Waals surface area contributed by atoms with Crippen molar-refractivity contribution >= 4 is 5.97 Å². The number of rotatable bonds is 6. The van der Waals surface area contributed by atoms with E-state index >= 15 is 0 Å². The van der Waals surface area contributed by atoms with Gasteiger partial charge >= 0.3 is 5.97 Å². The summed E-state index contributed by atoms with van der Waals surface area (Å²) in [6, 6.07) is 0. The minimum Gasteiger partial charge on any atom is -0.463 e. The lowest BCUT2D eigenvalue weighted by Gasteiger charge is -2.27. The first-order valence-electron chi connectivity index (χ1n) is 5.91. The van der Waals surface area contributed by atoms with E-state index < -0.39 is 0 Å². The van der Waals surface area contributed by atoms with Crippen molar-refractivity contribution in [3.8, 4) is 0 Å². The SMILES string of the molecule is CCOC(=O)/C=C/CNC1(CO)CCCC1. The van der Waals surface area contributed by atoms with Crippen LogP contribution in [-0.2, 0) is 9.53 Å². The molecular weight excluding hydrogens is 206 g/mol. The van der Waals surface area contributed by atoms with E-state index in [9.17, 15) is 9.90 Å². The number of esters is 1. The van der Waals surface area contributed by atoms with Crippen LogP contribution in [0.2, 0.25) is 0 Å². The standard InChI is InChI=1S/C12H21NO3/c1-2-16-11(15)6-5-9-13-12(10-14)7-3-4-8-12/h5-6,13-14H,2-4,7-10H2,1H3/b6-5+. The monoisotopic (exact) mass is 227 g/mol. The van der Waals surface area contributed by atoms with Crippen LogP contribution in [0.4, 0.5) is 0 Å². The molecule has 92 valence electrons. The van der Waals surface area contributed by atoms with Crippen LogP contribution in [0.25, 0.3) is 0 Å². The second-order valence-electron chi connectivity index (χ2n) is 4.18. The molecule has 2 N–H and O–H groups in total. The zero-order chi connectivity index (χ0) is 11.9. The van der Waals surface area contributed by atoms with Gasteiger partial charge in [0.1, 0.15) is 0 Å². The van der Waals surface area contributed by atoms with Crippen LogP contribution < -0.4 is 5.32 Å². The molecular formula is C12H21NO3. The Morgan fingerprint density at radius 3 is 2.75 bits per heavy atom. The summed E-state index contributed by atoms with van der Waals surface area (Å²) in [4.78, 5) is 11.0. The Morgan fingerprint density at radius 2 is 2.19 bits per heavy atom. The Morgan fingerprint density at radius 1 is 1.50 bits per heavy atom. The normalized spacial score (nSPS) is 19.1. The number of ether oxygens (including phenoxy) is 1. The predicted octanol–water partition coefficient (Wildman–Crippen LogP) is 1.00. The molecule has 4 nitrogen and oxygen atoms in total. The van der Waals surface area contributed by atoms with Crippen LogP contribution in [-0.4, -0.2) is 36.4 Å². The van der Waals surface area contributed by atoms with E-state index in [-0.39, 0.29) is 18.1 Å². The Hall–Kier alpha value is -0.870. The molecule has 16 heavy (non-hydrogen) atoms. The second kappa shape index (κ2) is 6.66. The lowest BCUT2D eigenvalue weighted by atomic mass is 9.99. The third-order valence-electron chi connectivity index (χ3n) is 3.00. The van der Waals surface area contributed by atoms with Crippen molar-refractivity contribution in [1.82, 2.24) is 5.32 Å². The van der Waals surface area contributed by atoms with Crippen molar-refractivity contribution in [2.45, 2.75) is 38.1 Å². The molecule has 0 aromatic rings. The third-order valence-corrected chi connectivity index (χ3v) is 3.00. The van der Waals surface area contributed by atoms with Gasteiger partial charge in [0, 0.05) is 18.2 Å². The molecule has 0 unspecified atom stereocenters. The zero-order valence-corrected chi connectivity index (χ0v) is 9.87. The summed E-state index contributed by atoms with van der Waals surface area (Å²) in [5.74, 6) is -0.311. The predicted molar refractivity (Wildman–Crippen MR) is 62.1 cm³/mol. The van der Waals surface area contributed by atoms with Gasteiger partial charge in [0.05, 0.1) is 13.2 Å². The molecule has 1 saturated carbocycles. The summed E-state index contributed by atoms with van der Waals surface area (Å²) in [5, 5.41) is 12.6. The largest absolute Gasteiger partial charge is 0.463 e. The molecule has 0 saturated heterocycles.